The van der Waals surface area contributed by atoms with Gasteiger partial charge in [-0.25, -0.2) is 4.39 Å². The molecule has 5 nitrogen and oxygen atoms in total. The van der Waals surface area contributed by atoms with Crippen LogP contribution in [0.25, 0.3) is 0 Å². The molecular formula is C23H26FN3O2. The van der Waals surface area contributed by atoms with E-state index in [1.807, 2.05) is 24.3 Å². The SMILES string of the molecule is C=C(N)C(NC(=O)c1ccc(C#Cc2ccc(CNCCF)cc2)cc1)C(C)O. The fourth-order valence-corrected chi connectivity index (χ4v) is 2.60. The second-order valence-electron chi connectivity index (χ2n) is 6.66. The molecule has 0 aliphatic carbocycles. The third-order valence-electron chi connectivity index (χ3n) is 4.22. The summed E-state index contributed by atoms with van der Waals surface area (Å²) in [6, 6.07) is 13.9. The van der Waals surface area contributed by atoms with E-state index in [9.17, 15) is 14.3 Å². The topological polar surface area (TPSA) is 87.4 Å². The molecule has 0 fully saturated rings. The highest BCUT2D eigenvalue weighted by Crippen LogP contribution is 2.07. The monoisotopic (exact) mass is 395 g/mol. The quantitative estimate of drug-likeness (QED) is 0.407. The molecule has 0 aromatic heterocycles. The van der Waals surface area contributed by atoms with Crippen LogP contribution in [0.4, 0.5) is 4.39 Å². The Morgan fingerprint density at radius 2 is 1.69 bits per heavy atom. The van der Waals surface area contributed by atoms with Gasteiger partial charge in [-0.3, -0.25) is 4.79 Å². The van der Waals surface area contributed by atoms with E-state index in [2.05, 4.69) is 29.1 Å². The lowest BCUT2D eigenvalue weighted by molar-refractivity contribution is 0.0884. The summed E-state index contributed by atoms with van der Waals surface area (Å²) in [7, 11) is 0. The van der Waals surface area contributed by atoms with Gasteiger partial charge in [0.25, 0.3) is 5.91 Å². The molecule has 0 radical (unpaired) electrons. The van der Waals surface area contributed by atoms with E-state index in [0.717, 1.165) is 16.7 Å². The Labute approximate surface area is 170 Å². The Morgan fingerprint density at radius 1 is 1.14 bits per heavy atom. The predicted molar refractivity (Wildman–Crippen MR) is 113 cm³/mol. The molecule has 0 saturated heterocycles. The Bertz CT molecular complexity index is 881. The first-order valence-corrected chi connectivity index (χ1v) is 9.31. The van der Waals surface area contributed by atoms with Crippen molar-refractivity contribution in [1.82, 2.24) is 10.6 Å². The Morgan fingerprint density at radius 3 is 2.17 bits per heavy atom. The summed E-state index contributed by atoms with van der Waals surface area (Å²) in [4.78, 5) is 12.3. The van der Waals surface area contributed by atoms with Crippen LogP contribution in [0.5, 0.6) is 0 Å². The molecule has 2 rings (SSSR count). The minimum atomic E-state index is -0.840. The molecule has 0 aliphatic heterocycles. The van der Waals surface area contributed by atoms with Crippen LogP contribution in [-0.2, 0) is 6.54 Å². The van der Waals surface area contributed by atoms with Gasteiger partial charge < -0.3 is 21.5 Å². The zero-order chi connectivity index (χ0) is 21.2. The first kappa shape index (κ1) is 22.2. The zero-order valence-corrected chi connectivity index (χ0v) is 16.4. The minimum Gasteiger partial charge on any atom is -0.401 e. The summed E-state index contributed by atoms with van der Waals surface area (Å²) < 4.78 is 12.1. The summed E-state index contributed by atoms with van der Waals surface area (Å²) in [6.45, 7) is 5.70. The Kier molecular flexibility index (Phi) is 8.41. The van der Waals surface area contributed by atoms with Crippen LogP contribution in [0.3, 0.4) is 0 Å². The second kappa shape index (κ2) is 11.0. The summed E-state index contributed by atoms with van der Waals surface area (Å²) in [5.41, 5.74) is 8.95. The van der Waals surface area contributed by atoms with E-state index in [1.165, 1.54) is 6.92 Å². The number of hydrogen-bond acceptors (Lipinski definition) is 4. The second-order valence-corrected chi connectivity index (χ2v) is 6.66. The maximum atomic E-state index is 12.3. The predicted octanol–water partition coefficient (Wildman–Crippen LogP) is 2.10. The molecule has 6 heteroatoms. The lowest BCUT2D eigenvalue weighted by Gasteiger charge is -2.21. The van der Waals surface area contributed by atoms with Crippen molar-refractivity contribution in [3.8, 4) is 11.8 Å². The van der Waals surface area contributed by atoms with Crippen molar-refractivity contribution in [1.29, 1.82) is 0 Å². The Balaban J connectivity index is 1.99. The molecular weight excluding hydrogens is 369 g/mol. The molecule has 0 bridgehead atoms. The molecule has 0 aliphatic rings. The minimum absolute atomic E-state index is 0.194. The lowest BCUT2D eigenvalue weighted by Crippen LogP contribution is -2.45. The lowest BCUT2D eigenvalue weighted by atomic mass is 10.1. The molecule has 1 amide bonds. The van der Waals surface area contributed by atoms with Crippen LogP contribution in [-0.4, -0.2) is 36.4 Å². The van der Waals surface area contributed by atoms with Gasteiger partial charge in [0.05, 0.1) is 12.1 Å². The van der Waals surface area contributed by atoms with Crippen LogP contribution < -0.4 is 16.4 Å². The number of aliphatic hydroxyl groups excluding tert-OH is 1. The number of aliphatic hydroxyl groups is 1. The van der Waals surface area contributed by atoms with Crippen LogP contribution in [0, 0.1) is 11.8 Å². The number of benzene rings is 2. The van der Waals surface area contributed by atoms with Gasteiger partial charge in [0.1, 0.15) is 6.67 Å². The van der Waals surface area contributed by atoms with Crippen LogP contribution in [0.2, 0.25) is 0 Å². The van der Waals surface area contributed by atoms with Crippen LogP contribution in [0.15, 0.2) is 60.8 Å². The Hall–Kier alpha value is -3.14. The third-order valence-corrected chi connectivity index (χ3v) is 4.22. The van der Waals surface area contributed by atoms with Crippen molar-refractivity contribution in [3.63, 3.8) is 0 Å². The standard InChI is InChI=1S/C23H26FN3O2/c1-16(25)22(17(2)28)27-23(29)21-11-9-19(10-12-21)4-3-18-5-7-20(8-6-18)15-26-14-13-24/h5-12,17,22,26,28H,1,13-15,25H2,2H3,(H,27,29). The van der Waals surface area contributed by atoms with E-state index < -0.39 is 12.1 Å². The van der Waals surface area contributed by atoms with Gasteiger partial charge in [-0.15, -0.1) is 0 Å². The maximum Gasteiger partial charge on any atom is 0.251 e. The molecule has 152 valence electrons. The van der Waals surface area contributed by atoms with E-state index in [1.54, 1.807) is 24.3 Å². The van der Waals surface area contributed by atoms with Gasteiger partial charge in [0.15, 0.2) is 0 Å². The van der Waals surface area contributed by atoms with Gasteiger partial charge in [0, 0.05) is 35.5 Å². The number of halogens is 1. The summed E-state index contributed by atoms with van der Waals surface area (Å²) in [5, 5.41) is 15.3. The number of alkyl halides is 1. The van der Waals surface area contributed by atoms with E-state index >= 15 is 0 Å². The molecule has 2 atom stereocenters. The molecule has 29 heavy (non-hydrogen) atoms. The van der Waals surface area contributed by atoms with E-state index in [-0.39, 0.29) is 18.3 Å². The summed E-state index contributed by atoms with van der Waals surface area (Å²) in [5.74, 6) is 5.78. The van der Waals surface area contributed by atoms with Crippen molar-refractivity contribution >= 4 is 5.91 Å². The molecule has 5 N–H and O–H groups in total. The normalized spacial score (nSPS) is 12.4. The molecule has 2 unspecified atom stereocenters. The van der Waals surface area contributed by atoms with Crippen LogP contribution in [0.1, 0.15) is 34.0 Å². The number of rotatable bonds is 8. The highest BCUT2D eigenvalue weighted by atomic mass is 19.1. The highest BCUT2D eigenvalue weighted by Gasteiger charge is 2.19. The van der Waals surface area contributed by atoms with Crippen molar-refractivity contribution in [3.05, 3.63) is 83.1 Å². The third kappa shape index (κ3) is 7.07. The summed E-state index contributed by atoms with van der Waals surface area (Å²) in [6.07, 6.45) is -0.840. The highest BCUT2D eigenvalue weighted by molar-refractivity contribution is 5.94. The smallest absolute Gasteiger partial charge is 0.251 e. The molecule has 0 spiro atoms. The van der Waals surface area contributed by atoms with Gasteiger partial charge in [0.2, 0.25) is 0 Å². The molecule has 0 saturated carbocycles. The van der Waals surface area contributed by atoms with Gasteiger partial charge in [-0.2, -0.15) is 0 Å². The first-order chi connectivity index (χ1) is 13.9. The van der Waals surface area contributed by atoms with Crippen molar-refractivity contribution in [2.75, 3.05) is 13.2 Å². The number of carbonyl (C=O) groups excluding carboxylic acids is 1. The molecule has 2 aromatic rings. The van der Waals surface area contributed by atoms with Crippen LogP contribution >= 0.6 is 0 Å². The largest absolute Gasteiger partial charge is 0.401 e. The number of amides is 1. The number of nitrogens with one attached hydrogen (secondary N) is 2. The average molecular weight is 395 g/mol. The maximum absolute atomic E-state index is 12.3. The zero-order valence-electron chi connectivity index (χ0n) is 16.4. The fraction of sp³-hybridized carbons (Fsp3) is 0.261. The fourth-order valence-electron chi connectivity index (χ4n) is 2.60. The van der Waals surface area contributed by atoms with E-state index in [0.29, 0.717) is 18.7 Å². The average Bonchev–Trinajstić information content (AvgIpc) is 2.71. The number of nitrogens with two attached hydrogens (primary N) is 1. The van der Waals surface area contributed by atoms with Gasteiger partial charge >= 0.3 is 0 Å². The van der Waals surface area contributed by atoms with Crippen molar-refractivity contribution in [2.45, 2.75) is 25.6 Å². The van der Waals surface area contributed by atoms with E-state index in [4.69, 9.17) is 5.73 Å². The molecule has 0 heterocycles. The van der Waals surface area contributed by atoms with Gasteiger partial charge in [-0.05, 0) is 48.9 Å². The van der Waals surface area contributed by atoms with Crippen molar-refractivity contribution < 1.29 is 14.3 Å². The van der Waals surface area contributed by atoms with Gasteiger partial charge in [-0.1, -0.05) is 30.6 Å². The number of hydrogen-bond donors (Lipinski definition) is 4. The first-order valence-electron chi connectivity index (χ1n) is 9.31. The number of carbonyl (C=O) groups is 1. The van der Waals surface area contributed by atoms with Crippen molar-refractivity contribution in [2.24, 2.45) is 5.73 Å². The molecule has 2 aromatic carbocycles. The summed E-state index contributed by atoms with van der Waals surface area (Å²) >= 11 is 0.